The van der Waals surface area contributed by atoms with Crippen molar-refractivity contribution in [1.82, 2.24) is 0 Å². The number of benzene rings is 3. The number of rotatable bonds is 5. The topological polar surface area (TPSA) is 0 Å². The highest BCUT2D eigenvalue weighted by Crippen LogP contribution is 2.47. The van der Waals surface area contributed by atoms with Crippen molar-refractivity contribution in [3.8, 4) is 11.6 Å². The van der Waals surface area contributed by atoms with Crippen LogP contribution in [0.2, 0.25) is 0 Å². The third-order valence-electron chi connectivity index (χ3n) is 3.96. The Hall–Kier alpha value is -2.18. The summed E-state index contributed by atoms with van der Waals surface area (Å²) in [6.45, 7) is 4.19. The predicted octanol–water partition coefficient (Wildman–Crippen LogP) is 5.77. The second-order valence-electron chi connectivity index (χ2n) is 5.84. The van der Waals surface area contributed by atoms with Crippen LogP contribution in [0.5, 0.6) is 0 Å². The van der Waals surface area contributed by atoms with Crippen LogP contribution in [-0.2, 0) is 0 Å². The van der Waals surface area contributed by atoms with Crippen LogP contribution in [0.1, 0.15) is 13.8 Å². The maximum atomic E-state index is 3.44. The lowest BCUT2D eigenvalue weighted by Crippen LogP contribution is -2.12. The van der Waals surface area contributed by atoms with Crippen molar-refractivity contribution >= 4 is 31.8 Å². The van der Waals surface area contributed by atoms with E-state index in [1.165, 1.54) is 21.2 Å². The fourth-order valence-corrected chi connectivity index (χ4v) is 7.15. The van der Waals surface area contributed by atoms with Gasteiger partial charge < -0.3 is 0 Å². The van der Waals surface area contributed by atoms with E-state index in [2.05, 4.69) is 115 Å². The highest BCUT2D eigenvalue weighted by molar-refractivity contribution is 7.79. The molecule has 1 atom stereocenters. The Morgan fingerprint density at radius 1 is 0.692 bits per heavy atom. The van der Waals surface area contributed by atoms with Crippen LogP contribution in [0.25, 0.3) is 0 Å². The standard InChI is InChI=1S/C24H22P2/c1-3-19-25(22-13-7-4-8-14-22)20-21(2)26(23-15-9-5-10-16-23)24-17-11-6-12-18-24/h4-18,20H,1-2H3/b21-20+. The molecule has 0 N–H and O–H groups in total. The van der Waals surface area contributed by atoms with E-state index in [1.54, 1.807) is 0 Å². The summed E-state index contributed by atoms with van der Waals surface area (Å²) in [6.07, 6.45) is 0. The molecule has 0 heterocycles. The molecular formula is C24H22P2. The van der Waals surface area contributed by atoms with Gasteiger partial charge in [-0.1, -0.05) is 96.7 Å². The molecule has 1 unspecified atom stereocenters. The molecule has 3 rings (SSSR count). The molecule has 0 spiro atoms. The normalized spacial score (nSPS) is 12.3. The number of hydrogen-bond acceptors (Lipinski definition) is 0. The lowest BCUT2D eigenvalue weighted by atomic mass is 10.4. The van der Waals surface area contributed by atoms with Crippen LogP contribution in [0.4, 0.5) is 0 Å². The first-order valence-corrected chi connectivity index (χ1v) is 11.4. The van der Waals surface area contributed by atoms with Gasteiger partial charge in [0.1, 0.15) is 0 Å². The van der Waals surface area contributed by atoms with E-state index in [1.807, 2.05) is 6.92 Å². The Kier molecular flexibility index (Phi) is 6.80. The van der Waals surface area contributed by atoms with Gasteiger partial charge in [-0.25, -0.2) is 0 Å². The molecule has 0 radical (unpaired) electrons. The molecule has 0 aliphatic heterocycles. The van der Waals surface area contributed by atoms with Gasteiger partial charge in [-0.05, 0) is 48.8 Å². The van der Waals surface area contributed by atoms with Gasteiger partial charge in [-0.3, -0.25) is 0 Å². The van der Waals surface area contributed by atoms with Crippen molar-refractivity contribution in [2.75, 3.05) is 0 Å². The summed E-state index contributed by atoms with van der Waals surface area (Å²) >= 11 is 0. The molecular weight excluding hydrogens is 350 g/mol. The first kappa shape index (κ1) is 18.6. The summed E-state index contributed by atoms with van der Waals surface area (Å²) in [5, 5.41) is 5.49. The second kappa shape index (κ2) is 9.50. The first-order chi connectivity index (χ1) is 12.8. The zero-order valence-corrected chi connectivity index (χ0v) is 16.9. The summed E-state index contributed by atoms with van der Waals surface area (Å²) in [4.78, 5) is 0. The monoisotopic (exact) mass is 372 g/mol. The van der Waals surface area contributed by atoms with Crippen LogP contribution >= 0.6 is 15.8 Å². The van der Waals surface area contributed by atoms with Crippen molar-refractivity contribution < 1.29 is 0 Å². The van der Waals surface area contributed by atoms with E-state index in [9.17, 15) is 0 Å². The highest BCUT2D eigenvalue weighted by Gasteiger charge is 2.17. The molecule has 0 aliphatic carbocycles. The van der Waals surface area contributed by atoms with E-state index < -0.39 is 15.8 Å². The SMILES string of the molecule is CC#CP(/C=C(\C)P(c1ccccc1)c1ccccc1)c1ccccc1. The van der Waals surface area contributed by atoms with Gasteiger partial charge in [-0.2, -0.15) is 0 Å². The van der Waals surface area contributed by atoms with Crippen LogP contribution in [0, 0.1) is 11.6 Å². The minimum absolute atomic E-state index is 0.536. The summed E-state index contributed by atoms with van der Waals surface area (Å²) < 4.78 is 0. The molecule has 26 heavy (non-hydrogen) atoms. The van der Waals surface area contributed by atoms with E-state index in [0.717, 1.165) is 0 Å². The Labute approximate surface area is 159 Å². The minimum Gasteiger partial charge on any atom is -0.101 e. The lowest BCUT2D eigenvalue weighted by molar-refractivity contribution is 1.67. The van der Waals surface area contributed by atoms with Gasteiger partial charge in [-0.15, -0.1) is 5.92 Å². The molecule has 0 amide bonds. The molecule has 3 aromatic carbocycles. The highest BCUT2D eigenvalue weighted by atomic mass is 31.1. The Bertz CT molecular complexity index is 864. The Morgan fingerprint density at radius 2 is 1.12 bits per heavy atom. The Morgan fingerprint density at radius 3 is 1.54 bits per heavy atom. The third-order valence-corrected chi connectivity index (χ3v) is 8.60. The fourth-order valence-electron chi connectivity index (χ4n) is 2.84. The molecule has 0 fully saturated rings. The van der Waals surface area contributed by atoms with Gasteiger partial charge >= 0.3 is 0 Å². The lowest BCUT2D eigenvalue weighted by Gasteiger charge is -2.21. The summed E-state index contributed by atoms with van der Waals surface area (Å²) in [7, 11) is -1.15. The van der Waals surface area contributed by atoms with E-state index in [4.69, 9.17) is 0 Å². The van der Waals surface area contributed by atoms with Crippen LogP contribution in [-0.4, -0.2) is 0 Å². The molecule has 0 aliphatic rings. The maximum Gasteiger partial charge on any atom is 0.0273 e. The van der Waals surface area contributed by atoms with E-state index in [-0.39, 0.29) is 0 Å². The van der Waals surface area contributed by atoms with E-state index in [0.29, 0.717) is 0 Å². The first-order valence-electron chi connectivity index (χ1n) is 8.65. The van der Waals surface area contributed by atoms with Crippen LogP contribution < -0.4 is 15.9 Å². The van der Waals surface area contributed by atoms with Gasteiger partial charge in [0.2, 0.25) is 0 Å². The van der Waals surface area contributed by atoms with Crippen molar-refractivity contribution in [3.63, 3.8) is 0 Å². The molecule has 0 aromatic heterocycles. The summed E-state index contributed by atoms with van der Waals surface area (Å²) in [5.74, 6) is 5.54. The Balaban J connectivity index is 2.05. The van der Waals surface area contributed by atoms with Crippen molar-refractivity contribution in [2.24, 2.45) is 0 Å². The van der Waals surface area contributed by atoms with Gasteiger partial charge in [0.05, 0.1) is 0 Å². The molecule has 0 saturated carbocycles. The molecule has 0 bridgehead atoms. The molecule has 0 saturated heterocycles. The number of allylic oxidation sites excluding steroid dienone is 1. The molecule has 2 heteroatoms. The fraction of sp³-hybridized carbons (Fsp3) is 0.0833. The maximum absolute atomic E-state index is 3.44. The zero-order valence-electron chi connectivity index (χ0n) is 15.1. The van der Waals surface area contributed by atoms with Crippen molar-refractivity contribution in [1.29, 1.82) is 0 Å². The second-order valence-corrected chi connectivity index (χ2v) is 9.99. The zero-order chi connectivity index (χ0) is 18.2. The smallest absolute Gasteiger partial charge is 0.0273 e. The minimum atomic E-state index is -0.615. The van der Waals surface area contributed by atoms with Crippen LogP contribution in [0.3, 0.4) is 0 Å². The number of hydrogen-bond donors (Lipinski definition) is 0. The van der Waals surface area contributed by atoms with Gasteiger partial charge in [0.25, 0.3) is 0 Å². The average molecular weight is 372 g/mol. The van der Waals surface area contributed by atoms with Crippen molar-refractivity contribution in [2.45, 2.75) is 13.8 Å². The van der Waals surface area contributed by atoms with Crippen LogP contribution in [0.15, 0.2) is 102 Å². The summed E-state index contributed by atoms with van der Waals surface area (Å²) in [5.41, 5.74) is 3.44. The predicted molar refractivity (Wildman–Crippen MR) is 119 cm³/mol. The molecule has 3 aromatic rings. The van der Waals surface area contributed by atoms with Gasteiger partial charge in [0, 0.05) is 7.92 Å². The third kappa shape index (κ3) is 4.71. The largest absolute Gasteiger partial charge is 0.101 e. The quantitative estimate of drug-likeness (QED) is 0.394. The molecule has 128 valence electrons. The van der Waals surface area contributed by atoms with Crippen molar-refractivity contribution in [3.05, 3.63) is 102 Å². The summed E-state index contributed by atoms with van der Waals surface area (Å²) in [6, 6.07) is 32.3. The van der Waals surface area contributed by atoms with Gasteiger partial charge in [0.15, 0.2) is 0 Å². The average Bonchev–Trinajstić information content (AvgIpc) is 2.70. The molecule has 0 nitrogen and oxygen atoms in total. The van der Waals surface area contributed by atoms with E-state index >= 15 is 0 Å².